The number of nitrogens with zero attached hydrogens (tertiary/aromatic N) is 4. The summed E-state index contributed by atoms with van der Waals surface area (Å²) in [5, 5.41) is 3.75. The zero-order valence-corrected chi connectivity index (χ0v) is 7.26. The Kier molecular flexibility index (Phi) is 2.19. The molecular formula is C8H8FN5. The molecule has 2 N–H and O–H groups in total. The molecule has 0 saturated heterocycles. The van der Waals surface area contributed by atoms with Gasteiger partial charge in [0.2, 0.25) is 0 Å². The van der Waals surface area contributed by atoms with E-state index in [1.807, 2.05) is 0 Å². The Morgan fingerprint density at radius 3 is 2.64 bits per heavy atom. The summed E-state index contributed by atoms with van der Waals surface area (Å²) < 4.78 is 13.9. The Balaban J connectivity index is 2.33. The maximum atomic E-state index is 12.6. The lowest BCUT2D eigenvalue weighted by atomic mass is 10.4. The Morgan fingerprint density at radius 2 is 2.14 bits per heavy atom. The molecule has 0 aromatic carbocycles. The number of nitrogens with two attached hydrogens (primary N) is 1. The standard InChI is InChI=1S/C8H8FN5/c9-6-2-13-14(5-6)8-4-11-7(1-10)3-12-8/h2-5H,1,10H2. The minimum atomic E-state index is -0.408. The van der Waals surface area contributed by atoms with Crippen molar-refractivity contribution in [3.8, 4) is 5.82 Å². The fourth-order valence-electron chi connectivity index (χ4n) is 0.998. The Morgan fingerprint density at radius 1 is 1.29 bits per heavy atom. The van der Waals surface area contributed by atoms with Gasteiger partial charge in [-0.15, -0.1) is 0 Å². The van der Waals surface area contributed by atoms with E-state index in [9.17, 15) is 4.39 Å². The molecule has 0 unspecified atom stereocenters. The molecule has 5 nitrogen and oxygen atoms in total. The van der Waals surface area contributed by atoms with Crippen molar-refractivity contribution in [2.75, 3.05) is 0 Å². The van der Waals surface area contributed by atoms with Crippen LogP contribution >= 0.6 is 0 Å². The van der Waals surface area contributed by atoms with E-state index in [-0.39, 0.29) is 0 Å². The van der Waals surface area contributed by atoms with E-state index in [4.69, 9.17) is 5.73 Å². The van der Waals surface area contributed by atoms with Crippen LogP contribution < -0.4 is 5.73 Å². The first-order valence-electron chi connectivity index (χ1n) is 4.01. The van der Waals surface area contributed by atoms with Crippen molar-refractivity contribution >= 4 is 0 Å². The van der Waals surface area contributed by atoms with Crippen molar-refractivity contribution in [2.24, 2.45) is 5.73 Å². The SMILES string of the molecule is NCc1cnc(-n2cc(F)cn2)cn1. The van der Waals surface area contributed by atoms with Crippen LogP contribution in [0.2, 0.25) is 0 Å². The summed E-state index contributed by atoms with van der Waals surface area (Å²) in [6, 6.07) is 0. The van der Waals surface area contributed by atoms with Crippen LogP contribution in [0.4, 0.5) is 4.39 Å². The predicted molar refractivity (Wildman–Crippen MR) is 47.0 cm³/mol. The average Bonchev–Trinajstić information content (AvgIpc) is 2.65. The maximum absolute atomic E-state index is 12.6. The fraction of sp³-hybridized carbons (Fsp3) is 0.125. The third kappa shape index (κ3) is 1.60. The van der Waals surface area contributed by atoms with Gasteiger partial charge in [-0.05, 0) is 0 Å². The van der Waals surface area contributed by atoms with E-state index in [1.165, 1.54) is 23.3 Å². The van der Waals surface area contributed by atoms with Gasteiger partial charge in [-0.1, -0.05) is 0 Å². The highest BCUT2D eigenvalue weighted by Crippen LogP contribution is 2.02. The molecule has 6 heteroatoms. The Labute approximate surface area is 79.4 Å². The quantitative estimate of drug-likeness (QED) is 0.742. The van der Waals surface area contributed by atoms with Gasteiger partial charge in [0.1, 0.15) is 0 Å². The van der Waals surface area contributed by atoms with Gasteiger partial charge in [-0.2, -0.15) is 5.10 Å². The first kappa shape index (κ1) is 8.76. The normalized spacial score (nSPS) is 10.4. The maximum Gasteiger partial charge on any atom is 0.171 e. The zero-order chi connectivity index (χ0) is 9.97. The van der Waals surface area contributed by atoms with E-state index < -0.39 is 5.82 Å². The van der Waals surface area contributed by atoms with Gasteiger partial charge in [0.15, 0.2) is 11.6 Å². The van der Waals surface area contributed by atoms with Crippen molar-refractivity contribution < 1.29 is 4.39 Å². The molecule has 72 valence electrons. The molecule has 0 amide bonds. The van der Waals surface area contributed by atoms with Crippen molar-refractivity contribution in [3.63, 3.8) is 0 Å². The van der Waals surface area contributed by atoms with Crippen LogP contribution in [0.15, 0.2) is 24.8 Å². The third-order valence-corrected chi connectivity index (χ3v) is 1.69. The summed E-state index contributed by atoms with van der Waals surface area (Å²) in [5.41, 5.74) is 6.04. The van der Waals surface area contributed by atoms with E-state index in [1.54, 1.807) is 0 Å². The third-order valence-electron chi connectivity index (χ3n) is 1.69. The topological polar surface area (TPSA) is 69.6 Å². The van der Waals surface area contributed by atoms with Crippen LogP contribution in [0, 0.1) is 5.82 Å². The number of aromatic nitrogens is 4. The Bertz CT molecular complexity index is 422. The summed E-state index contributed by atoms with van der Waals surface area (Å²) in [7, 11) is 0. The van der Waals surface area contributed by atoms with Gasteiger partial charge in [0.25, 0.3) is 0 Å². The van der Waals surface area contributed by atoms with Crippen LogP contribution in [-0.4, -0.2) is 19.7 Å². The minimum Gasteiger partial charge on any atom is -0.325 e. The predicted octanol–water partition coefficient (Wildman–Crippen LogP) is 0.260. The number of hydrogen-bond acceptors (Lipinski definition) is 4. The van der Waals surface area contributed by atoms with E-state index in [0.717, 1.165) is 6.20 Å². The second-order valence-electron chi connectivity index (χ2n) is 2.67. The average molecular weight is 193 g/mol. The van der Waals surface area contributed by atoms with Gasteiger partial charge in [-0.3, -0.25) is 4.98 Å². The molecule has 14 heavy (non-hydrogen) atoms. The largest absolute Gasteiger partial charge is 0.325 e. The fourth-order valence-corrected chi connectivity index (χ4v) is 0.998. The zero-order valence-electron chi connectivity index (χ0n) is 7.26. The summed E-state index contributed by atoms with van der Waals surface area (Å²) in [6.45, 7) is 0.334. The van der Waals surface area contributed by atoms with Gasteiger partial charge in [0, 0.05) is 6.54 Å². The molecule has 0 radical (unpaired) electrons. The first-order valence-corrected chi connectivity index (χ1v) is 4.01. The second kappa shape index (κ2) is 3.51. The molecule has 0 aliphatic heterocycles. The highest BCUT2D eigenvalue weighted by molar-refractivity contribution is 5.17. The molecule has 2 aromatic rings. The Hall–Kier alpha value is -1.82. The highest BCUT2D eigenvalue weighted by Gasteiger charge is 2.01. The molecule has 2 rings (SSSR count). The molecule has 0 atom stereocenters. The van der Waals surface area contributed by atoms with E-state index >= 15 is 0 Å². The lowest BCUT2D eigenvalue weighted by Crippen LogP contribution is -2.03. The molecule has 0 aliphatic carbocycles. The molecule has 2 heterocycles. The number of hydrogen-bond donors (Lipinski definition) is 1. The summed E-state index contributed by atoms with van der Waals surface area (Å²) in [4.78, 5) is 8.04. The summed E-state index contributed by atoms with van der Waals surface area (Å²) in [6.07, 6.45) is 5.37. The lowest BCUT2D eigenvalue weighted by Gasteiger charge is -1.99. The van der Waals surface area contributed by atoms with Crippen LogP contribution in [0.5, 0.6) is 0 Å². The molecule has 0 spiro atoms. The van der Waals surface area contributed by atoms with Crippen molar-refractivity contribution in [1.82, 2.24) is 19.7 Å². The van der Waals surface area contributed by atoms with Crippen LogP contribution in [0.25, 0.3) is 5.82 Å². The van der Waals surface area contributed by atoms with Crippen LogP contribution in [-0.2, 0) is 6.54 Å². The monoisotopic (exact) mass is 193 g/mol. The van der Waals surface area contributed by atoms with E-state index in [0.29, 0.717) is 18.1 Å². The smallest absolute Gasteiger partial charge is 0.171 e. The van der Waals surface area contributed by atoms with Crippen molar-refractivity contribution in [3.05, 3.63) is 36.3 Å². The van der Waals surface area contributed by atoms with Gasteiger partial charge in [0.05, 0.1) is 30.5 Å². The number of halogens is 1. The van der Waals surface area contributed by atoms with E-state index in [2.05, 4.69) is 15.1 Å². The molecule has 0 bridgehead atoms. The van der Waals surface area contributed by atoms with Crippen molar-refractivity contribution in [1.29, 1.82) is 0 Å². The molecular weight excluding hydrogens is 185 g/mol. The summed E-state index contributed by atoms with van der Waals surface area (Å²) in [5.74, 6) is 0.0563. The second-order valence-corrected chi connectivity index (χ2v) is 2.67. The summed E-state index contributed by atoms with van der Waals surface area (Å²) >= 11 is 0. The van der Waals surface area contributed by atoms with Crippen LogP contribution in [0.1, 0.15) is 5.69 Å². The first-order chi connectivity index (χ1) is 6.79. The van der Waals surface area contributed by atoms with Gasteiger partial charge >= 0.3 is 0 Å². The minimum absolute atomic E-state index is 0.334. The highest BCUT2D eigenvalue weighted by atomic mass is 19.1. The van der Waals surface area contributed by atoms with Gasteiger partial charge < -0.3 is 5.73 Å². The molecule has 2 aromatic heterocycles. The number of rotatable bonds is 2. The molecule has 0 saturated carbocycles. The van der Waals surface area contributed by atoms with Crippen molar-refractivity contribution in [2.45, 2.75) is 6.54 Å². The van der Waals surface area contributed by atoms with Gasteiger partial charge in [-0.25, -0.2) is 14.1 Å². The van der Waals surface area contributed by atoms with Crippen LogP contribution in [0.3, 0.4) is 0 Å². The lowest BCUT2D eigenvalue weighted by molar-refractivity contribution is 0.627. The molecule has 0 fully saturated rings. The molecule has 0 aliphatic rings.